The van der Waals surface area contributed by atoms with Gasteiger partial charge in [-0.2, -0.15) is 0 Å². The van der Waals surface area contributed by atoms with Crippen molar-refractivity contribution in [1.82, 2.24) is 5.16 Å². The number of carbonyl (C=O) groups excluding carboxylic acids is 1. The molecule has 4 nitrogen and oxygen atoms in total. The second-order valence-electron chi connectivity index (χ2n) is 5.93. The normalized spacial score (nSPS) is 10.8. The van der Waals surface area contributed by atoms with E-state index >= 15 is 0 Å². The van der Waals surface area contributed by atoms with Crippen molar-refractivity contribution in [1.29, 1.82) is 0 Å². The van der Waals surface area contributed by atoms with Crippen LogP contribution < -0.4 is 5.32 Å². The van der Waals surface area contributed by atoms with Gasteiger partial charge in [-0.25, -0.2) is 0 Å². The first-order chi connectivity index (χ1) is 12.2. The van der Waals surface area contributed by atoms with E-state index in [0.717, 1.165) is 27.7 Å². The average molecular weight is 328 g/mol. The number of nitrogens with zero attached hydrogens (tertiary/aromatic N) is 1. The minimum atomic E-state index is -0.161. The van der Waals surface area contributed by atoms with E-state index in [-0.39, 0.29) is 5.91 Å². The summed E-state index contributed by atoms with van der Waals surface area (Å²) in [6.07, 6.45) is 0. The van der Waals surface area contributed by atoms with Gasteiger partial charge in [0.15, 0.2) is 5.76 Å². The van der Waals surface area contributed by atoms with E-state index in [0.29, 0.717) is 11.3 Å². The average Bonchev–Trinajstić information content (AvgIpc) is 3.07. The van der Waals surface area contributed by atoms with Gasteiger partial charge in [-0.3, -0.25) is 4.79 Å². The second-order valence-corrected chi connectivity index (χ2v) is 5.93. The predicted octanol–water partition coefficient (Wildman–Crippen LogP) is 5.06. The van der Waals surface area contributed by atoms with Gasteiger partial charge < -0.3 is 9.84 Å². The molecule has 1 heterocycles. The van der Waals surface area contributed by atoms with Crippen molar-refractivity contribution in [2.24, 2.45) is 0 Å². The lowest BCUT2D eigenvalue weighted by Gasteiger charge is -2.06. The fourth-order valence-electron chi connectivity index (χ4n) is 2.72. The molecule has 0 atom stereocenters. The SMILES string of the molecule is Cc1ccc(NC(=O)c2ccc3noc(-c4ccccc4)c3c2)cc1. The van der Waals surface area contributed by atoms with Crippen LogP contribution in [0.15, 0.2) is 77.3 Å². The standard InChI is InChI=1S/C21H16N2O2/c1-14-7-10-17(11-8-14)22-21(24)16-9-12-19-18(13-16)20(25-23-19)15-5-3-2-4-6-15/h2-13H,1H3,(H,22,24). The molecule has 122 valence electrons. The summed E-state index contributed by atoms with van der Waals surface area (Å²) in [7, 11) is 0. The Hall–Kier alpha value is -3.40. The van der Waals surface area contributed by atoms with Crippen LogP contribution in [0.5, 0.6) is 0 Å². The Morgan fingerprint density at radius 2 is 1.72 bits per heavy atom. The Balaban J connectivity index is 1.68. The van der Waals surface area contributed by atoms with Gasteiger partial charge in [0.2, 0.25) is 0 Å². The number of benzene rings is 3. The second kappa shape index (κ2) is 6.24. The molecule has 0 saturated carbocycles. The minimum absolute atomic E-state index is 0.161. The van der Waals surface area contributed by atoms with Gasteiger partial charge in [-0.05, 0) is 37.3 Å². The van der Waals surface area contributed by atoms with Crippen LogP contribution in [0.4, 0.5) is 5.69 Å². The smallest absolute Gasteiger partial charge is 0.255 e. The number of hydrogen-bond donors (Lipinski definition) is 1. The van der Waals surface area contributed by atoms with Crippen molar-refractivity contribution in [3.63, 3.8) is 0 Å². The van der Waals surface area contributed by atoms with Crippen molar-refractivity contribution >= 4 is 22.5 Å². The summed E-state index contributed by atoms with van der Waals surface area (Å²) >= 11 is 0. The van der Waals surface area contributed by atoms with Gasteiger partial charge in [0.05, 0.1) is 5.39 Å². The molecule has 4 rings (SSSR count). The molecule has 1 aromatic heterocycles. The van der Waals surface area contributed by atoms with Crippen LogP contribution in [-0.2, 0) is 0 Å². The molecule has 0 saturated heterocycles. The maximum Gasteiger partial charge on any atom is 0.255 e. The Bertz CT molecular complexity index is 1030. The number of fused-ring (bicyclic) bond motifs is 1. The van der Waals surface area contributed by atoms with Gasteiger partial charge >= 0.3 is 0 Å². The van der Waals surface area contributed by atoms with Crippen molar-refractivity contribution in [2.45, 2.75) is 6.92 Å². The summed E-state index contributed by atoms with van der Waals surface area (Å²) in [5.41, 5.74) is 4.14. The van der Waals surface area contributed by atoms with E-state index in [9.17, 15) is 4.79 Å². The predicted molar refractivity (Wildman–Crippen MR) is 98.6 cm³/mol. The van der Waals surface area contributed by atoms with Crippen LogP contribution in [0, 0.1) is 6.92 Å². The number of carbonyl (C=O) groups is 1. The Labute approximate surface area is 145 Å². The quantitative estimate of drug-likeness (QED) is 0.572. The van der Waals surface area contributed by atoms with E-state index in [1.807, 2.05) is 67.6 Å². The zero-order valence-electron chi connectivity index (χ0n) is 13.7. The van der Waals surface area contributed by atoms with Crippen molar-refractivity contribution in [3.8, 4) is 11.3 Å². The van der Waals surface area contributed by atoms with Gasteiger partial charge in [0.25, 0.3) is 5.91 Å². The first-order valence-corrected chi connectivity index (χ1v) is 8.03. The van der Waals surface area contributed by atoms with Crippen LogP contribution >= 0.6 is 0 Å². The number of hydrogen-bond acceptors (Lipinski definition) is 3. The fraction of sp³-hybridized carbons (Fsp3) is 0.0476. The number of amides is 1. The number of rotatable bonds is 3. The zero-order chi connectivity index (χ0) is 17.2. The molecule has 3 aromatic carbocycles. The summed E-state index contributed by atoms with van der Waals surface area (Å²) in [4.78, 5) is 12.6. The highest BCUT2D eigenvalue weighted by molar-refractivity contribution is 6.07. The first-order valence-electron chi connectivity index (χ1n) is 8.03. The summed E-state index contributed by atoms with van der Waals surface area (Å²) in [6.45, 7) is 2.01. The Kier molecular flexibility index (Phi) is 3.78. The van der Waals surface area contributed by atoms with Gasteiger partial charge in [-0.15, -0.1) is 0 Å². The number of aryl methyl sites for hydroxylation is 1. The highest BCUT2D eigenvalue weighted by Crippen LogP contribution is 2.29. The summed E-state index contributed by atoms with van der Waals surface area (Å²) < 4.78 is 5.49. The molecule has 0 spiro atoms. The lowest BCUT2D eigenvalue weighted by molar-refractivity contribution is 0.102. The molecule has 0 bridgehead atoms. The minimum Gasteiger partial charge on any atom is -0.355 e. The van der Waals surface area contributed by atoms with Crippen LogP contribution in [0.25, 0.3) is 22.2 Å². The van der Waals surface area contributed by atoms with E-state index in [4.69, 9.17) is 4.52 Å². The number of aromatic nitrogens is 1. The third-order valence-corrected chi connectivity index (χ3v) is 4.08. The highest BCUT2D eigenvalue weighted by Gasteiger charge is 2.14. The van der Waals surface area contributed by atoms with Crippen LogP contribution in [0.3, 0.4) is 0 Å². The molecule has 4 aromatic rings. The maximum absolute atomic E-state index is 12.6. The molecule has 0 aliphatic rings. The summed E-state index contributed by atoms with van der Waals surface area (Å²) in [5, 5.41) is 7.82. The third kappa shape index (κ3) is 3.02. The van der Waals surface area contributed by atoms with E-state index in [1.54, 1.807) is 12.1 Å². The first kappa shape index (κ1) is 15.1. The lowest BCUT2D eigenvalue weighted by atomic mass is 10.1. The molecule has 0 aliphatic heterocycles. The highest BCUT2D eigenvalue weighted by atomic mass is 16.5. The molecular weight excluding hydrogens is 312 g/mol. The molecule has 4 heteroatoms. The number of nitrogens with one attached hydrogen (secondary N) is 1. The monoisotopic (exact) mass is 328 g/mol. The van der Waals surface area contributed by atoms with Crippen molar-refractivity contribution < 1.29 is 9.32 Å². The van der Waals surface area contributed by atoms with E-state index < -0.39 is 0 Å². The van der Waals surface area contributed by atoms with Crippen LogP contribution in [0.1, 0.15) is 15.9 Å². The molecule has 0 aliphatic carbocycles. The maximum atomic E-state index is 12.6. The summed E-state index contributed by atoms with van der Waals surface area (Å²) in [5.74, 6) is 0.506. The van der Waals surface area contributed by atoms with Gasteiger partial charge in [0, 0.05) is 16.8 Å². The van der Waals surface area contributed by atoms with Gasteiger partial charge in [-0.1, -0.05) is 53.2 Å². The molecule has 0 fully saturated rings. The lowest BCUT2D eigenvalue weighted by Crippen LogP contribution is -2.11. The summed E-state index contributed by atoms with van der Waals surface area (Å²) in [6, 6.07) is 22.8. The topological polar surface area (TPSA) is 55.1 Å². The molecule has 1 N–H and O–H groups in total. The molecule has 0 unspecified atom stereocenters. The largest absolute Gasteiger partial charge is 0.355 e. The van der Waals surface area contributed by atoms with Crippen LogP contribution in [-0.4, -0.2) is 11.1 Å². The fourth-order valence-corrected chi connectivity index (χ4v) is 2.72. The van der Waals surface area contributed by atoms with Crippen molar-refractivity contribution in [3.05, 3.63) is 83.9 Å². The van der Waals surface area contributed by atoms with Crippen molar-refractivity contribution in [2.75, 3.05) is 5.32 Å². The van der Waals surface area contributed by atoms with E-state index in [1.165, 1.54) is 0 Å². The Morgan fingerprint density at radius 1 is 0.960 bits per heavy atom. The molecular formula is C21H16N2O2. The Morgan fingerprint density at radius 3 is 2.48 bits per heavy atom. The van der Waals surface area contributed by atoms with Gasteiger partial charge in [0.1, 0.15) is 5.52 Å². The third-order valence-electron chi connectivity index (χ3n) is 4.08. The van der Waals surface area contributed by atoms with E-state index in [2.05, 4.69) is 10.5 Å². The zero-order valence-corrected chi connectivity index (χ0v) is 13.7. The number of anilines is 1. The molecule has 1 amide bonds. The van der Waals surface area contributed by atoms with Crippen LogP contribution in [0.2, 0.25) is 0 Å². The molecule has 0 radical (unpaired) electrons. The molecule has 25 heavy (non-hydrogen) atoms.